The first-order valence-electron chi connectivity index (χ1n) is 16.5. The largest absolute Gasteiger partial charge is 0.393 e. The highest BCUT2D eigenvalue weighted by Gasteiger charge is 2.65. The third kappa shape index (κ3) is 5.37. The fraction of sp³-hybridized carbons (Fsp3) is 0.939. The average molecular weight is 561 g/mol. The molecule has 0 spiro atoms. The van der Waals surface area contributed by atoms with Crippen molar-refractivity contribution in [3.05, 3.63) is 0 Å². The molecular formula is C33H56N2O5. The molecule has 7 heteroatoms. The van der Waals surface area contributed by atoms with Crippen molar-refractivity contribution in [1.82, 2.24) is 10.2 Å². The molecule has 1 heterocycles. The van der Waals surface area contributed by atoms with E-state index in [1.54, 1.807) is 7.05 Å². The van der Waals surface area contributed by atoms with E-state index in [0.717, 1.165) is 83.7 Å². The molecule has 5 aliphatic rings. The van der Waals surface area contributed by atoms with Gasteiger partial charge in [-0.1, -0.05) is 20.8 Å². The Morgan fingerprint density at radius 1 is 0.950 bits per heavy atom. The number of likely N-dealkylation sites (tertiary alicyclic amines) is 1. The lowest BCUT2D eigenvalue weighted by atomic mass is 9.43. The fourth-order valence-electron chi connectivity index (χ4n) is 10.8. The van der Waals surface area contributed by atoms with E-state index < -0.39 is 0 Å². The van der Waals surface area contributed by atoms with Crippen molar-refractivity contribution in [1.29, 1.82) is 0 Å². The average Bonchev–Trinajstić information content (AvgIpc) is 3.30. The molecule has 0 bridgehead atoms. The molecule has 40 heavy (non-hydrogen) atoms. The molecule has 0 aromatic carbocycles. The van der Waals surface area contributed by atoms with Crippen molar-refractivity contribution < 1.29 is 24.9 Å². The summed E-state index contributed by atoms with van der Waals surface area (Å²) in [6.45, 7) is 8.56. The van der Waals surface area contributed by atoms with E-state index in [9.17, 15) is 24.9 Å². The fourth-order valence-corrected chi connectivity index (χ4v) is 10.8. The second-order valence-corrected chi connectivity index (χ2v) is 15.1. The second-order valence-electron chi connectivity index (χ2n) is 15.1. The number of aliphatic hydroxyl groups excluding tert-OH is 3. The third-order valence-corrected chi connectivity index (χ3v) is 13.4. The van der Waals surface area contributed by atoms with Crippen LogP contribution in [0.25, 0.3) is 0 Å². The summed E-state index contributed by atoms with van der Waals surface area (Å²) in [5.41, 5.74) is -0.122. The summed E-state index contributed by atoms with van der Waals surface area (Å²) in [5.74, 6) is 2.79. The van der Waals surface area contributed by atoms with Gasteiger partial charge in [0.2, 0.25) is 11.8 Å². The SMILES string of the molecule is CNC(=O)CCC1CCN(C(=O)CC[C@@H](C)C2CCC3C4C(C[C@H](O)[C@@]32C)[C@@]2(C)CC[C@@H](O)CC2C[C@H]4O)CC1. The van der Waals surface area contributed by atoms with Gasteiger partial charge < -0.3 is 25.5 Å². The van der Waals surface area contributed by atoms with Gasteiger partial charge in [0.1, 0.15) is 0 Å². The van der Waals surface area contributed by atoms with Gasteiger partial charge in [-0.15, -0.1) is 0 Å². The van der Waals surface area contributed by atoms with Gasteiger partial charge in [-0.2, -0.15) is 0 Å². The normalized spacial score (nSPS) is 44.3. The molecule has 4 saturated carbocycles. The first kappa shape index (κ1) is 30.3. The van der Waals surface area contributed by atoms with E-state index in [2.05, 4.69) is 26.1 Å². The minimum atomic E-state index is -0.382. The molecule has 5 unspecified atom stereocenters. The number of aliphatic hydroxyl groups is 3. The van der Waals surface area contributed by atoms with E-state index in [1.807, 2.05) is 4.90 Å². The Bertz CT molecular complexity index is 921. The van der Waals surface area contributed by atoms with E-state index in [4.69, 9.17) is 0 Å². The number of nitrogens with zero attached hydrogens (tertiary/aromatic N) is 1. The minimum Gasteiger partial charge on any atom is -0.393 e. The standard InChI is InChI=1S/C33H56N2O5/c1-20(5-10-30(40)35-15-12-21(13-16-35)6-9-29(39)34-4)24-7-8-25-31-26(19-28(38)33(24,25)3)32(2)14-11-23(36)17-22(32)18-27(31)37/h20-28,31,36-38H,5-19H2,1-4H3,(H,34,39)/t20-,22?,23-,24?,25?,26?,27-,28+,31?,32+,33-/m1/s1. The Morgan fingerprint density at radius 3 is 2.38 bits per heavy atom. The molecule has 11 atom stereocenters. The first-order valence-corrected chi connectivity index (χ1v) is 16.5. The number of hydrogen-bond donors (Lipinski definition) is 4. The molecule has 0 radical (unpaired) electrons. The summed E-state index contributed by atoms with van der Waals surface area (Å²) < 4.78 is 0. The zero-order valence-corrected chi connectivity index (χ0v) is 25.5. The highest BCUT2D eigenvalue weighted by Crippen LogP contribution is 2.68. The number of hydrogen-bond acceptors (Lipinski definition) is 5. The number of carbonyl (C=O) groups excluding carboxylic acids is 2. The van der Waals surface area contributed by atoms with Crippen LogP contribution in [0.15, 0.2) is 0 Å². The zero-order chi connectivity index (χ0) is 28.8. The van der Waals surface area contributed by atoms with Gasteiger partial charge >= 0.3 is 0 Å². The Kier molecular flexibility index (Phi) is 8.96. The van der Waals surface area contributed by atoms with Gasteiger partial charge in [-0.25, -0.2) is 0 Å². The van der Waals surface area contributed by atoms with Crippen molar-refractivity contribution in [2.75, 3.05) is 20.1 Å². The molecule has 7 nitrogen and oxygen atoms in total. The van der Waals surface area contributed by atoms with E-state index >= 15 is 0 Å². The Balaban J connectivity index is 1.18. The molecule has 1 saturated heterocycles. The van der Waals surface area contributed by atoms with Gasteiger partial charge in [0, 0.05) is 33.0 Å². The van der Waals surface area contributed by atoms with Crippen LogP contribution in [-0.2, 0) is 9.59 Å². The summed E-state index contributed by atoms with van der Waals surface area (Å²) in [7, 11) is 1.68. The smallest absolute Gasteiger partial charge is 0.222 e. The Morgan fingerprint density at radius 2 is 1.68 bits per heavy atom. The van der Waals surface area contributed by atoms with Gasteiger partial charge in [0.25, 0.3) is 0 Å². The summed E-state index contributed by atoms with van der Waals surface area (Å²) >= 11 is 0. The highest BCUT2D eigenvalue weighted by molar-refractivity contribution is 5.76. The predicted octanol–water partition coefficient (Wildman–Crippen LogP) is 4.13. The van der Waals surface area contributed by atoms with E-state index in [-0.39, 0.29) is 46.9 Å². The van der Waals surface area contributed by atoms with Crippen LogP contribution < -0.4 is 5.32 Å². The van der Waals surface area contributed by atoms with Gasteiger partial charge in [0.15, 0.2) is 0 Å². The number of piperidine rings is 1. The van der Waals surface area contributed by atoms with Crippen molar-refractivity contribution >= 4 is 11.8 Å². The van der Waals surface area contributed by atoms with Gasteiger partial charge in [-0.05, 0) is 123 Å². The lowest BCUT2D eigenvalue weighted by molar-refractivity contribution is -0.207. The quantitative estimate of drug-likeness (QED) is 0.374. The van der Waals surface area contributed by atoms with Crippen LogP contribution in [-0.4, -0.2) is 70.5 Å². The number of rotatable bonds is 7. The van der Waals surface area contributed by atoms with Gasteiger partial charge in [0.05, 0.1) is 18.3 Å². The van der Waals surface area contributed by atoms with E-state index in [0.29, 0.717) is 48.3 Å². The maximum Gasteiger partial charge on any atom is 0.222 e. The lowest BCUT2D eigenvalue weighted by Crippen LogP contribution is -2.62. The first-order chi connectivity index (χ1) is 19.0. The lowest BCUT2D eigenvalue weighted by Gasteiger charge is -2.63. The number of fused-ring (bicyclic) bond motifs is 5. The van der Waals surface area contributed by atoms with E-state index in [1.165, 1.54) is 0 Å². The summed E-state index contributed by atoms with van der Waals surface area (Å²) in [6.07, 6.45) is 10.2. The zero-order valence-electron chi connectivity index (χ0n) is 25.5. The van der Waals surface area contributed by atoms with Crippen molar-refractivity contribution in [3.8, 4) is 0 Å². The molecule has 228 valence electrons. The molecule has 0 aromatic rings. The molecule has 5 fully saturated rings. The molecule has 2 amide bonds. The summed E-state index contributed by atoms with van der Waals surface area (Å²) in [5, 5.41) is 36.3. The van der Waals surface area contributed by atoms with Crippen LogP contribution in [0.3, 0.4) is 0 Å². The maximum absolute atomic E-state index is 13.1. The molecule has 1 aliphatic heterocycles. The number of amides is 2. The maximum atomic E-state index is 13.1. The number of carbonyl (C=O) groups is 2. The third-order valence-electron chi connectivity index (χ3n) is 13.4. The van der Waals surface area contributed by atoms with Crippen LogP contribution in [0.4, 0.5) is 0 Å². The van der Waals surface area contributed by atoms with Crippen LogP contribution in [0, 0.1) is 52.3 Å². The molecular weight excluding hydrogens is 504 g/mol. The molecule has 5 rings (SSSR count). The predicted molar refractivity (Wildman–Crippen MR) is 155 cm³/mol. The summed E-state index contributed by atoms with van der Waals surface area (Å²) in [6, 6.07) is 0. The van der Waals surface area contributed by atoms with Crippen LogP contribution in [0.1, 0.15) is 104 Å². The highest BCUT2D eigenvalue weighted by atomic mass is 16.3. The van der Waals surface area contributed by atoms with Crippen LogP contribution in [0.5, 0.6) is 0 Å². The number of nitrogens with one attached hydrogen (secondary N) is 1. The van der Waals surface area contributed by atoms with Gasteiger partial charge in [-0.3, -0.25) is 9.59 Å². The van der Waals surface area contributed by atoms with Crippen molar-refractivity contribution in [2.24, 2.45) is 52.3 Å². The topological polar surface area (TPSA) is 110 Å². The van der Waals surface area contributed by atoms with Crippen molar-refractivity contribution in [3.63, 3.8) is 0 Å². The minimum absolute atomic E-state index is 0.0947. The Hall–Kier alpha value is -1.18. The Labute approximate surface area is 241 Å². The molecule has 4 N–H and O–H groups in total. The second kappa shape index (κ2) is 11.8. The van der Waals surface area contributed by atoms with Crippen LogP contribution >= 0.6 is 0 Å². The van der Waals surface area contributed by atoms with Crippen molar-refractivity contribution in [2.45, 2.75) is 123 Å². The summed E-state index contributed by atoms with van der Waals surface area (Å²) in [4.78, 5) is 26.7. The monoisotopic (exact) mass is 560 g/mol. The molecule has 4 aliphatic carbocycles. The molecule has 0 aromatic heterocycles. The van der Waals surface area contributed by atoms with Crippen LogP contribution in [0.2, 0.25) is 0 Å².